The smallest absolute Gasteiger partial charge is 0.0713 e. The highest BCUT2D eigenvalue weighted by Crippen LogP contribution is 2.57. The summed E-state index contributed by atoms with van der Waals surface area (Å²) in [5, 5.41) is 0. The van der Waals surface area contributed by atoms with Crippen molar-refractivity contribution in [1.82, 2.24) is 0 Å². The first kappa shape index (κ1) is 21.4. The monoisotopic (exact) mass is 488 g/mol. The van der Waals surface area contributed by atoms with E-state index in [0.717, 1.165) is 4.47 Å². The van der Waals surface area contributed by atoms with Crippen molar-refractivity contribution in [2.24, 2.45) is 0 Å². The Morgan fingerprint density at radius 3 is 1.82 bits per heavy atom. The molecule has 0 atom stereocenters. The van der Waals surface area contributed by atoms with Crippen LogP contribution in [0.1, 0.15) is 34.7 Å². The Morgan fingerprint density at radius 1 is 0.727 bits per heavy atom. The van der Waals surface area contributed by atoms with Gasteiger partial charge in [0, 0.05) is 4.47 Å². The minimum absolute atomic E-state index is 0.431. The second kappa shape index (κ2) is 8.84. The third-order valence-corrected chi connectivity index (χ3v) is 7.13. The van der Waals surface area contributed by atoms with Gasteiger partial charge >= 0.3 is 0 Å². The number of rotatable bonds is 5. The molecule has 0 saturated heterocycles. The number of halogens is 1. The normalized spacial score (nSPS) is 14.8. The molecule has 33 heavy (non-hydrogen) atoms. The summed E-state index contributed by atoms with van der Waals surface area (Å²) in [4.78, 5) is 0. The van der Waals surface area contributed by atoms with Crippen LogP contribution < -0.4 is 0 Å². The second-order valence-corrected chi connectivity index (χ2v) is 9.15. The molecule has 1 aliphatic carbocycles. The first-order valence-corrected chi connectivity index (χ1v) is 12.0. The number of hydrogen-bond donors (Lipinski definition) is 0. The lowest BCUT2D eigenvalue weighted by Gasteiger charge is -2.34. The molecule has 0 heterocycles. The first-order chi connectivity index (χ1) is 16.2. The summed E-state index contributed by atoms with van der Waals surface area (Å²) in [6.45, 7) is 6.48. The first-order valence-electron chi connectivity index (χ1n) is 11.2. The molecule has 0 radical (unpaired) electrons. The lowest BCUT2D eigenvalue weighted by atomic mass is 9.67. The van der Waals surface area contributed by atoms with Gasteiger partial charge in [-0.25, -0.2) is 0 Å². The van der Waals surface area contributed by atoms with Gasteiger partial charge in [-0.05, 0) is 63.6 Å². The molecule has 0 spiro atoms. The standard InChI is InChI=1S/C32H25Br/c1-3-27(23-19-21-26(33)22-20-23)31-28-17-11-12-18-30(28)32(29(31)4-2,24-13-7-5-8-14-24)25-15-9-6-10-16-25/h3-22H,2H2,1H3/b27-3-. The van der Waals surface area contributed by atoms with Crippen LogP contribution in [0, 0.1) is 0 Å². The SMILES string of the molecule is C=CC1=C(/C(=C\C)c2ccc(Br)cc2)c2ccccc2C1(c1ccccc1)c1ccccc1. The molecule has 0 amide bonds. The van der Waals surface area contributed by atoms with Crippen LogP contribution in [-0.4, -0.2) is 0 Å². The summed E-state index contributed by atoms with van der Waals surface area (Å²) in [6.07, 6.45) is 4.29. The maximum absolute atomic E-state index is 4.35. The molecular formula is C32H25Br. The molecule has 0 aliphatic heterocycles. The van der Waals surface area contributed by atoms with Crippen molar-refractivity contribution in [3.05, 3.63) is 166 Å². The molecule has 1 aliphatic rings. The van der Waals surface area contributed by atoms with Crippen molar-refractivity contribution in [2.75, 3.05) is 0 Å². The van der Waals surface area contributed by atoms with Crippen molar-refractivity contribution in [3.63, 3.8) is 0 Å². The van der Waals surface area contributed by atoms with Gasteiger partial charge < -0.3 is 0 Å². The third kappa shape index (κ3) is 3.35. The lowest BCUT2D eigenvalue weighted by molar-refractivity contribution is 0.762. The molecule has 0 fully saturated rings. The van der Waals surface area contributed by atoms with E-state index in [4.69, 9.17) is 0 Å². The van der Waals surface area contributed by atoms with E-state index in [2.05, 4.69) is 151 Å². The fourth-order valence-electron chi connectivity index (χ4n) is 5.30. The molecule has 1 heteroatoms. The van der Waals surface area contributed by atoms with Crippen LogP contribution in [0.4, 0.5) is 0 Å². The van der Waals surface area contributed by atoms with E-state index >= 15 is 0 Å². The average Bonchev–Trinajstić information content (AvgIpc) is 3.18. The van der Waals surface area contributed by atoms with Crippen molar-refractivity contribution >= 4 is 27.1 Å². The Kier molecular flexibility index (Phi) is 5.74. The Balaban J connectivity index is 1.92. The van der Waals surface area contributed by atoms with Crippen molar-refractivity contribution in [2.45, 2.75) is 12.3 Å². The van der Waals surface area contributed by atoms with Crippen LogP contribution >= 0.6 is 15.9 Å². The third-order valence-electron chi connectivity index (χ3n) is 6.60. The summed E-state index contributed by atoms with van der Waals surface area (Å²) >= 11 is 3.58. The van der Waals surface area contributed by atoms with Gasteiger partial charge in [-0.2, -0.15) is 0 Å². The number of benzene rings is 4. The van der Waals surface area contributed by atoms with E-state index in [-0.39, 0.29) is 0 Å². The second-order valence-electron chi connectivity index (χ2n) is 8.23. The molecule has 0 unspecified atom stereocenters. The highest BCUT2D eigenvalue weighted by molar-refractivity contribution is 9.10. The van der Waals surface area contributed by atoms with Crippen LogP contribution in [0.3, 0.4) is 0 Å². The van der Waals surface area contributed by atoms with Crippen LogP contribution in [0.25, 0.3) is 11.1 Å². The molecule has 0 N–H and O–H groups in total. The van der Waals surface area contributed by atoms with Gasteiger partial charge in [0.2, 0.25) is 0 Å². The topological polar surface area (TPSA) is 0 Å². The number of allylic oxidation sites excluding steroid dienone is 5. The summed E-state index contributed by atoms with van der Waals surface area (Å²) in [6, 6.07) is 39.1. The molecule has 5 rings (SSSR count). The lowest BCUT2D eigenvalue weighted by Crippen LogP contribution is -2.29. The van der Waals surface area contributed by atoms with Gasteiger partial charge in [0.15, 0.2) is 0 Å². The summed E-state index contributed by atoms with van der Waals surface area (Å²) < 4.78 is 1.08. The zero-order chi connectivity index (χ0) is 22.8. The van der Waals surface area contributed by atoms with E-state index in [1.165, 1.54) is 44.5 Å². The minimum Gasteiger partial charge on any atom is -0.0987 e. The van der Waals surface area contributed by atoms with Crippen molar-refractivity contribution < 1.29 is 0 Å². The molecule has 0 saturated carbocycles. The highest BCUT2D eigenvalue weighted by Gasteiger charge is 2.47. The Morgan fingerprint density at radius 2 is 1.27 bits per heavy atom. The van der Waals surface area contributed by atoms with Crippen molar-refractivity contribution in [3.8, 4) is 0 Å². The fourth-order valence-corrected chi connectivity index (χ4v) is 5.57. The van der Waals surface area contributed by atoms with E-state index in [1.54, 1.807) is 0 Å². The Bertz CT molecular complexity index is 1320. The number of hydrogen-bond acceptors (Lipinski definition) is 0. The molecule has 0 nitrogen and oxygen atoms in total. The Hall–Kier alpha value is -3.42. The van der Waals surface area contributed by atoms with Gasteiger partial charge in [-0.1, -0.05) is 132 Å². The number of fused-ring (bicyclic) bond motifs is 1. The summed E-state index contributed by atoms with van der Waals surface area (Å²) in [7, 11) is 0. The van der Waals surface area contributed by atoms with Crippen molar-refractivity contribution in [1.29, 1.82) is 0 Å². The van der Waals surface area contributed by atoms with Gasteiger partial charge in [-0.3, -0.25) is 0 Å². The predicted octanol–water partition coefficient (Wildman–Crippen LogP) is 8.84. The molecule has 4 aromatic rings. The maximum Gasteiger partial charge on any atom is 0.0713 e. The summed E-state index contributed by atoms with van der Waals surface area (Å²) in [5.41, 5.74) is 9.51. The predicted molar refractivity (Wildman–Crippen MR) is 144 cm³/mol. The average molecular weight is 489 g/mol. The minimum atomic E-state index is -0.431. The quantitative estimate of drug-likeness (QED) is 0.263. The van der Waals surface area contributed by atoms with Gasteiger partial charge in [-0.15, -0.1) is 0 Å². The van der Waals surface area contributed by atoms with E-state index in [1.807, 2.05) is 0 Å². The largest absolute Gasteiger partial charge is 0.0987 e. The zero-order valence-electron chi connectivity index (χ0n) is 18.6. The maximum atomic E-state index is 4.35. The molecule has 0 aromatic heterocycles. The molecule has 4 aromatic carbocycles. The Labute approximate surface area is 204 Å². The molecule has 160 valence electrons. The van der Waals surface area contributed by atoms with E-state index in [0.29, 0.717) is 0 Å². The zero-order valence-corrected chi connectivity index (χ0v) is 20.2. The van der Waals surface area contributed by atoms with Crippen LogP contribution in [-0.2, 0) is 5.41 Å². The van der Waals surface area contributed by atoms with Gasteiger partial charge in [0.1, 0.15) is 0 Å². The van der Waals surface area contributed by atoms with Crippen LogP contribution in [0.2, 0.25) is 0 Å². The van der Waals surface area contributed by atoms with Crippen LogP contribution in [0.15, 0.2) is 138 Å². The molecular weight excluding hydrogens is 464 g/mol. The van der Waals surface area contributed by atoms with E-state index < -0.39 is 5.41 Å². The van der Waals surface area contributed by atoms with Crippen LogP contribution in [0.5, 0.6) is 0 Å². The van der Waals surface area contributed by atoms with Gasteiger partial charge in [0.25, 0.3) is 0 Å². The van der Waals surface area contributed by atoms with Gasteiger partial charge in [0.05, 0.1) is 5.41 Å². The molecule has 0 bridgehead atoms. The van der Waals surface area contributed by atoms with E-state index in [9.17, 15) is 0 Å². The highest BCUT2D eigenvalue weighted by atomic mass is 79.9. The fraction of sp³-hybridized carbons (Fsp3) is 0.0625. The summed E-state index contributed by atoms with van der Waals surface area (Å²) in [5.74, 6) is 0.